The first-order valence-corrected chi connectivity index (χ1v) is 12.1. The molecule has 5 nitrogen and oxygen atoms in total. The third kappa shape index (κ3) is 3.46. The Morgan fingerprint density at radius 1 is 1.03 bits per heavy atom. The van der Waals surface area contributed by atoms with Gasteiger partial charge >= 0.3 is 0 Å². The van der Waals surface area contributed by atoms with Crippen molar-refractivity contribution in [3.05, 3.63) is 89.1 Å². The monoisotopic (exact) mass is 467 g/mol. The summed E-state index contributed by atoms with van der Waals surface area (Å²) in [6.07, 6.45) is -0.586. The van der Waals surface area contributed by atoms with Gasteiger partial charge in [0.15, 0.2) is 0 Å². The molecule has 0 bridgehead atoms. The van der Waals surface area contributed by atoms with E-state index in [-0.39, 0.29) is 10.0 Å². The van der Waals surface area contributed by atoms with Gasteiger partial charge < -0.3 is 9.47 Å². The molecule has 8 heteroatoms. The Labute approximate surface area is 188 Å². The molecule has 0 radical (unpaired) electrons. The lowest BCUT2D eigenvalue weighted by molar-refractivity contribution is 0.241. The van der Waals surface area contributed by atoms with E-state index in [1.165, 1.54) is 12.1 Å². The van der Waals surface area contributed by atoms with Gasteiger partial charge in [-0.15, -0.1) is 11.3 Å². The predicted octanol–water partition coefficient (Wildman–Crippen LogP) is 5.36. The summed E-state index contributed by atoms with van der Waals surface area (Å²) in [7, 11) is -2.28. The third-order valence-corrected chi connectivity index (χ3v) is 7.84. The quantitative estimate of drug-likeness (QED) is 0.438. The van der Waals surface area contributed by atoms with Gasteiger partial charge in [0, 0.05) is 11.1 Å². The standard InChI is InChI=1S/C24H18FNO4S2/c1-29-20-6-3-7-21-22(20)18-9-8-14(17-10-11-31-24(17)32(26,27)28)13-19(18)23(30-21)15-4-2-5-16(25)12-15/h2-13,23H,1H3,(H2,26,27,28). The van der Waals surface area contributed by atoms with Crippen molar-refractivity contribution in [2.45, 2.75) is 10.3 Å². The van der Waals surface area contributed by atoms with Crippen LogP contribution in [0.4, 0.5) is 4.39 Å². The molecule has 1 aliphatic rings. The summed E-state index contributed by atoms with van der Waals surface area (Å²) in [6, 6.07) is 19.1. The third-order valence-electron chi connectivity index (χ3n) is 5.41. The van der Waals surface area contributed by atoms with Crippen molar-refractivity contribution in [3.8, 4) is 33.8 Å². The lowest BCUT2D eigenvalue weighted by atomic mass is 9.87. The molecule has 0 fully saturated rings. The second-order valence-corrected chi connectivity index (χ2v) is 10.0. The average molecular weight is 468 g/mol. The number of nitrogens with two attached hydrogens (primary N) is 1. The molecule has 0 saturated carbocycles. The highest BCUT2D eigenvalue weighted by Gasteiger charge is 2.31. The number of halogens is 1. The van der Waals surface area contributed by atoms with E-state index in [0.717, 1.165) is 28.0 Å². The fraction of sp³-hybridized carbons (Fsp3) is 0.0833. The van der Waals surface area contributed by atoms with Crippen molar-refractivity contribution >= 4 is 21.4 Å². The molecule has 1 aliphatic heterocycles. The summed E-state index contributed by atoms with van der Waals surface area (Å²) >= 11 is 1.07. The van der Waals surface area contributed by atoms with Crippen LogP contribution < -0.4 is 14.6 Å². The molecule has 5 rings (SSSR count). The van der Waals surface area contributed by atoms with Gasteiger partial charge in [-0.05, 0) is 58.5 Å². The van der Waals surface area contributed by atoms with Crippen molar-refractivity contribution in [2.24, 2.45) is 5.14 Å². The van der Waals surface area contributed by atoms with Gasteiger partial charge in [0.2, 0.25) is 10.0 Å². The molecule has 0 saturated heterocycles. The summed E-state index contributed by atoms with van der Waals surface area (Å²) < 4.78 is 50.1. The first-order valence-electron chi connectivity index (χ1n) is 9.71. The number of fused-ring (bicyclic) bond motifs is 3. The van der Waals surface area contributed by atoms with Gasteiger partial charge in [0.25, 0.3) is 0 Å². The fourth-order valence-electron chi connectivity index (χ4n) is 4.06. The van der Waals surface area contributed by atoms with Crippen LogP contribution in [0.25, 0.3) is 22.3 Å². The van der Waals surface area contributed by atoms with Crippen LogP contribution in [0, 0.1) is 5.82 Å². The van der Waals surface area contributed by atoms with Gasteiger partial charge in [-0.1, -0.05) is 30.3 Å². The van der Waals surface area contributed by atoms with Crippen LogP contribution in [-0.2, 0) is 10.0 Å². The van der Waals surface area contributed by atoms with Crippen molar-refractivity contribution in [1.82, 2.24) is 0 Å². The second-order valence-electron chi connectivity index (χ2n) is 7.36. The van der Waals surface area contributed by atoms with Crippen LogP contribution in [0.15, 0.2) is 76.3 Å². The zero-order valence-electron chi connectivity index (χ0n) is 16.9. The molecule has 1 aromatic heterocycles. The summed E-state index contributed by atoms with van der Waals surface area (Å²) in [6.45, 7) is 0. The number of hydrogen-bond donors (Lipinski definition) is 1. The Morgan fingerprint density at radius 3 is 2.59 bits per heavy atom. The van der Waals surface area contributed by atoms with Gasteiger partial charge in [-0.2, -0.15) is 0 Å². The van der Waals surface area contributed by atoms with E-state index < -0.39 is 16.1 Å². The number of benzene rings is 3. The van der Waals surface area contributed by atoms with E-state index >= 15 is 0 Å². The molecule has 1 atom stereocenters. The van der Waals surface area contributed by atoms with Crippen molar-refractivity contribution in [1.29, 1.82) is 0 Å². The Morgan fingerprint density at radius 2 is 1.84 bits per heavy atom. The number of rotatable bonds is 4. The topological polar surface area (TPSA) is 78.6 Å². The lowest BCUT2D eigenvalue weighted by Gasteiger charge is -2.30. The average Bonchev–Trinajstić information content (AvgIpc) is 3.28. The molecule has 4 aromatic rings. The van der Waals surface area contributed by atoms with E-state index in [4.69, 9.17) is 14.6 Å². The van der Waals surface area contributed by atoms with Crippen LogP contribution in [0.1, 0.15) is 17.2 Å². The number of thiophene rings is 1. The van der Waals surface area contributed by atoms with E-state index in [1.807, 2.05) is 36.4 Å². The highest BCUT2D eigenvalue weighted by atomic mass is 32.2. The second kappa shape index (κ2) is 7.74. The summed E-state index contributed by atoms with van der Waals surface area (Å²) in [5.41, 5.74) is 4.28. The molecule has 3 aromatic carbocycles. The van der Waals surface area contributed by atoms with Gasteiger partial charge in [-0.25, -0.2) is 17.9 Å². The molecule has 162 valence electrons. The molecular weight excluding hydrogens is 449 g/mol. The van der Waals surface area contributed by atoms with Gasteiger partial charge in [0.05, 0.1) is 12.7 Å². The number of hydrogen-bond acceptors (Lipinski definition) is 5. The Balaban J connectivity index is 1.76. The van der Waals surface area contributed by atoms with Gasteiger partial charge in [-0.3, -0.25) is 0 Å². The Bertz CT molecular complexity index is 1450. The van der Waals surface area contributed by atoms with Crippen LogP contribution >= 0.6 is 11.3 Å². The van der Waals surface area contributed by atoms with Crippen LogP contribution in [-0.4, -0.2) is 15.5 Å². The van der Waals surface area contributed by atoms with Crippen LogP contribution in [0.3, 0.4) is 0 Å². The van der Waals surface area contributed by atoms with E-state index in [1.54, 1.807) is 30.7 Å². The molecule has 32 heavy (non-hydrogen) atoms. The zero-order chi connectivity index (χ0) is 22.5. The molecule has 1 unspecified atom stereocenters. The normalized spacial score (nSPS) is 14.9. The van der Waals surface area contributed by atoms with Crippen molar-refractivity contribution < 1.29 is 22.3 Å². The highest BCUT2D eigenvalue weighted by molar-refractivity contribution is 7.91. The smallest absolute Gasteiger partial charge is 0.248 e. The van der Waals surface area contributed by atoms with Crippen molar-refractivity contribution in [3.63, 3.8) is 0 Å². The summed E-state index contributed by atoms with van der Waals surface area (Å²) in [4.78, 5) is 0. The van der Waals surface area contributed by atoms with E-state index in [2.05, 4.69) is 0 Å². The molecule has 0 spiro atoms. The van der Waals surface area contributed by atoms with Crippen LogP contribution in [0.5, 0.6) is 11.5 Å². The maximum Gasteiger partial charge on any atom is 0.248 e. The Hall–Kier alpha value is -3.20. The van der Waals surface area contributed by atoms with Crippen LogP contribution in [0.2, 0.25) is 0 Å². The molecule has 0 aliphatic carbocycles. The number of methoxy groups -OCH3 is 1. The number of ether oxygens (including phenoxy) is 2. The van der Waals surface area contributed by atoms with Crippen molar-refractivity contribution in [2.75, 3.05) is 7.11 Å². The molecule has 2 N–H and O–H groups in total. The number of primary sulfonamides is 1. The minimum absolute atomic E-state index is 0.0921. The van der Waals surface area contributed by atoms with Gasteiger partial charge in [0.1, 0.15) is 27.6 Å². The minimum Gasteiger partial charge on any atom is -0.496 e. The Kier molecular flexibility index (Phi) is 5.00. The maximum absolute atomic E-state index is 14.0. The first kappa shape index (κ1) is 20.7. The zero-order valence-corrected chi connectivity index (χ0v) is 18.5. The number of sulfonamides is 1. The largest absolute Gasteiger partial charge is 0.496 e. The maximum atomic E-state index is 14.0. The predicted molar refractivity (Wildman–Crippen MR) is 122 cm³/mol. The molecule has 2 heterocycles. The summed E-state index contributed by atoms with van der Waals surface area (Å²) in [5, 5.41) is 7.10. The summed E-state index contributed by atoms with van der Waals surface area (Å²) in [5.74, 6) is 0.907. The first-order chi connectivity index (χ1) is 15.4. The highest BCUT2D eigenvalue weighted by Crippen LogP contribution is 2.50. The minimum atomic E-state index is -3.87. The lowest BCUT2D eigenvalue weighted by Crippen LogP contribution is -2.16. The van der Waals surface area contributed by atoms with E-state index in [0.29, 0.717) is 28.2 Å². The van der Waals surface area contributed by atoms with E-state index in [9.17, 15) is 12.8 Å². The SMILES string of the molecule is COc1cccc2c1-c1ccc(-c3ccsc3S(N)(=O)=O)cc1C(c1cccc(F)c1)O2. The molecule has 0 amide bonds. The molecular formula is C24H18FNO4S2. The fourth-order valence-corrected chi connectivity index (χ4v) is 5.89.